The van der Waals surface area contributed by atoms with Gasteiger partial charge in [-0.15, -0.1) is 0 Å². The summed E-state index contributed by atoms with van der Waals surface area (Å²) in [7, 11) is 0. The lowest BCUT2D eigenvalue weighted by Gasteiger charge is -2.11. The van der Waals surface area contributed by atoms with Crippen LogP contribution in [0.1, 0.15) is 16.8 Å². The van der Waals surface area contributed by atoms with Gasteiger partial charge in [-0.05, 0) is 30.7 Å². The minimum atomic E-state index is 0.470. The van der Waals surface area contributed by atoms with E-state index in [4.69, 9.17) is 5.26 Å². The molecule has 0 radical (unpaired) electrons. The van der Waals surface area contributed by atoms with Crippen LogP contribution in [0.15, 0.2) is 41.0 Å². The summed E-state index contributed by atoms with van der Waals surface area (Å²) in [5.74, 6) is 0. The summed E-state index contributed by atoms with van der Waals surface area (Å²) in [6, 6.07) is 11.8. The summed E-state index contributed by atoms with van der Waals surface area (Å²) in [5.41, 5.74) is 3.58. The van der Waals surface area contributed by atoms with Crippen molar-refractivity contribution in [3.05, 3.63) is 57.8 Å². The van der Waals surface area contributed by atoms with E-state index in [9.17, 15) is 0 Å². The van der Waals surface area contributed by atoms with Gasteiger partial charge in [0, 0.05) is 28.5 Å². The zero-order valence-corrected chi connectivity index (χ0v) is 11.5. The molecule has 3 nitrogen and oxygen atoms in total. The second kappa shape index (κ2) is 5.65. The molecule has 0 fully saturated rings. The minimum Gasteiger partial charge on any atom is -0.381 e. The second-order valence-electron chi connectivity index (χ2n) is 3.89. The number of pyridine rings is 1. The van der Waals surface area contributed by atoms with Crippen LogP contribution in [0.2, 0.25) is 0 Å². The zero-order chi connectivity index (χ0) is 13.0. The first-order valence-electron chi connectivity index (χ1n) is 5.55. The fourth-order valence-corrected chi connectivity index (χ4v) is 2.04. The Morgan fingerprint density at radius 1 is 1.33 bits per heavy atom. The predicted octanol–water partition coefficient (Wildman–Crippen LogP) is 3.64. The van der Waals surface area contributed by atoms with E-state index in [1.165, 1.54) is 0 Å². The van der Waals surface area contributed by atoms with E-state index >= 15 is 0 Å². The summed E-state index contributed by atoms with van der Waals surface area (Å²) in [6.45, 7) is 2.63. The molecule has 1 heterocycles. The number of aromatic nitrogens is 1. The van der Waals surface area contributed by atoms with Gasteiger partial charge in [0.1, 0.15) is 11.8 Å². The van der Waals surface area contributed by atoms with Crippen LogP contribution in [0.3, 0.4) is 0 Å². The van der Waals surface area contributed by atoms with Crippen LogP contribution in [0.4, 0.5) is 5.69 Å². The fraction of sp³-hybridized carbons (Fsp3) is 0.143. The number of rotatable bonds is 3. The normalized spacial score (nSPS) is 9.83. The quantitative estimate of drug-likeness (QED) is 0.941. The fourth-order valence-electron chi connectivity index (χ4n) is 1.67. The van der Waals surface area contributed by atoms with E-state index < -0.39 is 0 Å². The van der Waals surface area contributed by atoms with E-state index in [1.54, 1.807) is 6.20 Å². The van der Waals surface area contributed by atoms with Gasteiger partial charge in [0.05, 0.1) is 0 Å². The molecule has 1 aromatic heterocycles. The highest BCUT2D eigenvalue weighted by Crippen LogP contribution is 2.24. The Hall–Kier alpha value is -1.86. The van der Waals surface area contributed by atoms with Crippen molar-refractivity contribution in [2.75, 3.05) is 5.32 Å². The molecule has 18 heavy (non-hydrogen) atoms. The van der Waals surface area contributed by atoms with Crippen molar-refractivity contribution in [3.63, 3.8) is 0 Å². The zero-order valence-electron chi connectivity index (χ0n) is 9.94. The Morgan fingerprint density at radius 2 is 2.17 bits per heavy atom. The van der Waals surface area contributed by atoms with Gasteiger partial charge in [0.2, 0.25) is 0 Å². The molecule has 0 aliphatic rings. The molecule has 0 saturated heterocycles. The molecular formula is C14H12BrN3. The third kappa shape index (κ3) is 2.69. The van der Waals surface area contributed by atoms with Crippen molar-refractivity contribution >= 4 is 21.6 Å². The molecular weight excluding hydrogens is 290 g/mol. The first kappa shape index (κ1) is 12.6. The number of benzene rings is 1. The van der Waals surface area contributed by atoms with Gasteiger partial charge in [-0.3, -0.25) is 0 Å². The molecule has 0 unspecified atom stereocenters. The lowest BCUT2D eigenvalue weighted by molar-refractivity contribution is 1.08. The molecule has 1 aromatic carbocycles. The summed E-state index contributed by atoms with van der Waals surface area (Å²) in [6.07, 6.45) is 1.63. The van der Waals surface area contributed by atoms with Crippen LogP contribution in [-0.4, -0.2) is 4.98 Å². The number of hydrogen-bond acceptors (Lipinski definition) is 3. The van der Waals surface area contributed by atoms with Crippen LogP contribution in [-0.2, 0) is 6.54 Å². The van der Waals surface area contributed by atoms with Crippen LogP contribution < -0.4 is 5.32 Å². The van der Waals surface area contributed by atoms with Gasteiger partial charge in [-0.2, -0.15) is 5.26 Å². The molecule has 0 atom stereocenters. The molecule has 4 heteroatoms. The monoisotopic (exact) mass is 301 g/mol. The largest absolute Gasteiger partial charge is 0.381 e. The number of hydrogen-bond donors (Lipinski definition) is 1. The number of nitrogens with one attached hydrogen (secondary N) is 1. The Labute approximate surface area is 115 Å². The van der Waals surface area contributed by atoms with Crippen molar-refractivity contribution in [2.45, 2.75) is 13.5 Å². The third-order valence-corrected chi connectivity index (χ3v) is 3.59. The topological polar surface area (TPSA) is 48.7 Å². The van der Waals surface area contributed by atoms with Crippen molar-refractivity contribution < 1.29 is 0 Å². The molecule has 2 aromatic rings. The van der Waals surface area contributed by atoms with Gasteiger partial charge in [0.15, 0.2) is 0 Å². The van der Waals surface area contributed by atoms with Crippen LogP contribution in [0.5, 0.6) is 0 Å². The van der Waals surface area contributed by atoms with E-state index in [1.807, 2.05) is 37.3 Å². The smallest absolute Gasteiger partial charge is 0.145 e. The molecule has 1 N–H and O–H groups in total. The Morgan fingerprint density at radius 3 is 2.94 bits per heavy atom. The highest BCUT2D eigenvalue weighted by atomic mass is 79.9. The molecule has 90 valence electrons. The van der Waals surface area contributed by atoms with Crippen molar-refractivity contribution in [1.82, 2.24) is 4.98 Å². The standard InChI is InChI=1S/C14H12BrN3/c1-10-12(15)5-2-6-13(10)18-9-11-4-3-7-17-14(11)8-16/h2-7,18H,9H2,1H3. The Balaban J connectivity index is 2.17. The average molecular weight is 302 g/mol. The van der Waals surface area contributed by atoms with Crippen LogP contribution in [0, 0.1) is 18.3 Å². The maximum atomic E-state index is 8.97. The first-order valence-corrected chi connectivity index (χ1v) is 6.34. The molecule has 0 aliphatic carbocycles. The summed E-state index contributed by atoms with van der Waals surface area (Å²) in [4.78, 5) is 4.04. The van der Waals surface area contributed by atoms with Gasteiger partial charge < -0.3 is 5.32 Å². The molecule has 0 bridgehead atoms. The SMILES string of the molecule is Cc1c(Br)cccc1NCc1cccnc1C#N. The Kier molecular flexibility index (Phi) is 3.96. The molecule has 0 aliphatic heterocycles. The number of halogens is 1. The second-order valence-corrected chi connectivity index (χ2v) is 4.74. The van der Waals surface area contributed by atoms with Gasteiger partial charge in [0.25, 0.3) is 0 Å². The lowest BCUT2D eigenvalue weighted by atomic mass is 10.1. The van der Waals surface area contributed by atoms with Crippen LogP contribution in [0.25, 0.3) is 0 Å². The molecule has 0 amide bonds. The number of nitrogens with zero attached hydrogens (tertiary/aromatic N) is 2. The van der Waals surface area contributed by atoms with E-state index in [0.717, 1.165) is 21.3 Å². The number of anilines is 1. The number of nitriles is 1. The molecule has 0 saturated carbocycles. The first-order chi connectivity index (χ1) is 8.72. The summed E-state index contributed by atoms with van der Waals surface area (Å²) >= 11 is 3.50. The van der Waals surface area contributed by atoms with Gasteiger partial charge >= 0.3 is 0 Å². The van der Waals surface area contributed by atoms with Crippen molar-refractivity contribution in [3.8, 4) is 6.07 Å². The third-order valence-electron chi connectivity index (χ3n) is 2.73. The maximum absolute atomic E-state index is 8.97. The maximum Gasteiger partial charge on any atom is 0.145 e. The van der Waals surface area contributed by atoms with Gasteiger partial charge in [-0.1, -0.05) is 28.1 Å². The Bertz CT molecular complexity index is 602. The lowest BCUT2D eigenvalue weighted by Crippen LogP contribution is -2.04. The predicted molar refractivity (Wildman–Crippen MR) is 75.2 cm³/mol. The molecule has 2 rings (SSSR count). The highest BCUT2D eigenvalue weighted by molar-refractivity contribution is 9.10. The minimum absolute atomic E-state index is 0.470. The van der Waals surface area contributed by atoms with Crippen molar-refractivity contribution in [1.29, 1.82) is 5.26 Å². The van der Waals surface area contributed by atoms with E-state index in [0.29, 0.717) is 12.2 Å². The van der Waals surface area contributed by atoms with Crippen LogP contribution >= 0.6 is 15.9 Å². The summed E-state index contributed by atoms with van der Waals surface area (Å²) < 4.78 is 1.07. The van der Waals surface area contributed by atoms with E-state index in [2.05, 4.69) is 32.3 Å². The van der Waals surface area contributed by atoms with Crippen molar-refractivity contribution in [2.24, 2.45) is 0 Å². The van der Waals surface area contributed by atoms with Gasteiger partial charge in [-0.25, -0.2) is 4.98 Å². The van der Waals surface area contributed by atoms with E-state index in [-0.39, 0.29) is 0 Å². The average Bonchev–Trinajstić information content (AvgIpc) is 2.41. The summed E-state index contributed by atoms with van der Waals surface area (Å²) in [5, 5.41) is 12.3. The molecule has 0 spiro atoms. The highest BCUT2D eigenvalue weighted by Gasteiger charge is 2.04.